The summed E-state index contributed by atoms with van der Waals surface area (Å²) in [5.74, 6) is -0.226. The molecule has 0 aliphatic rings. The summed E-state index contributed by atoms with van der Waals surface area (Å²) in [5.41, 5.74) is 1.84. The van der Waals surface area contributed by atoms with Crippen molar-refractivity contribution >= 4 is 15.9 Å². The minimum absolute atomic E-state index is 0.146. The molecule has 1 amide bonds. The van der Waals surface area contributed by atoms with Gasteiger partial charge in [-0.2, -0.15) is 9.57 Å². The molecule has 2 aromatic rings. The lowest BCUT2D eigenvalue weighted by molar-refractivity contribution is 0.0762. The van der Waals surface area contributed by atoms with E-state index in [9.17, 15) is 13.2 Å². The van der Waals surface area contributed by atoms with Gasteiger partial charge in [0.05, 0.1) is 16.5 Å². The van der Waals surface area contributed by atoms with Crippen LogP contribution in [0.5, 0.6) is 0 Å². The largest absolute Gasteiger partial charge is 0.331 e. The molecule has 0 bridgehead atoms. The van der Waals surface area contributed by atoms with Crippen molar-refractivity contribution in [3.8, 4) is 6.07 Å². The van der Waals surface area contributed by atoms with E-state index in [1.54, 1.807) is 49.1 Å². The number of amides is 1. The van der Waals surface area contributed by atoms with Gasteiger partial charge in [0.25, 0.3) is 5.91 Å². The zero-order valence-electron chi connectivity index (χ0n) is 16.9. The number of sulfonamides is 1. The summed E-state index contributed by atoms with van der Waals surface area (Å²) in [6.07, 6.45) is 1.64. The predicted octanol–water partition coefficient (Wildman–Crippen LogP) is 3.42. The Morgan fingerprint density at radius 3 is 2.21 bits per heavy atom. The fourth-order valence-corrected chi connectivity index (χ4v) is 4.04. The molecule has 0 N–H and O–H groups in total. The molecule has 0 fully saturated rings. The molecule has 0 saturated carbocycles. The number of hydrogen-bond acceptors (Lipinski definition) is 4. The molecule has 0 radical (unpaired) electrons. The standard InChI is InChI=1S/C22H25N3O3S/c1-5-14-25(16-19-8-6-18(15-23)7-9-19)22(26)20-10-12-21(13-11-20)29(27,28)24(4)17(2)3/h5-13,17H,1,14,16H2,2-4H3. The van der Waals surface area contributed by atoms with Crippen LogP contribution in [0.15, 0.2) is 66.1 Å². The van der Waals surface area contributed by atoms with Crippen LogP contribution in [0.3, 0.4) is 0 Å². The molecule has 29 heavy (non-hydrogen) atoms. The molecule has 0 aromatic heterocycles. The lowest BCUT2D eigenvalue weighted by Gasteiger charge is -2.23. The van der Waals surface area contributed by atoms with E-state index in [4.69, 9.17) is 5.26 Å². The van der Waals surface area contributed by atoms with Crippen molar-refractivity contribution in [1.82, 2.24) is 9.21 Å². The average Bonchev–Trinajstić information content (AvgIpc) is 2.72. The minimum atomic E-state index is -3.60. The minimum Gasteiger partial charge on any atom is -0.331 e. The number of carbonyl (C=O) groups excluding carboxylic acids is 1. The van der Waals surface area contributed by atoms with Gasteiger partial charge in [0.15, 0.2) is 0 Å². The highest BCUT2D eigenvalue weighted by Gasteiger charge is 2.23. The fourth-order valence-electron chi connectivity index (χ4n) is 2.68. The van der Waals surface area contributed by atoms with E-state index < -0.39 is 10.0 Å². The van der Waals surface area contributed by atoms with Gasteiger partial charge in [-0.1, -0.05) is 18.2 Å². The maximum Gasteiger partial charge on any atom is 0.254 e. The van der Waals surface area contributed by atoms with Gasteiger partial charge in [-0.05, 0) is 55.8 Å². The number of benzene rings is 2. The van der Waals surface area contributed by atoms with Gasteiger partial charge in [-0.3, -0.25) is 4.79 Å². The van der Waals surface area contributed by atoms with Crippen LogP contribution in [0.1, 0.15) is 35.3 Å². The van der Waals surface area contributed by atoms with E-state index in [0.717, 1.165) is 5.56 Å². The smallest absolute Gasteiger partial charge is 0.254 e. The van der Waals surface area contributed by atoms with Crippen LogP contribution in [0.4, 0.5) is 0 Å². The summed E-state index contributed by atoms with van der Waals surface area (Å²) >= 11 is 0. The second-order valence-corrected chi connectivity index (χ2v) is 8.92. The van der Waals surface area contributed by atoms with E-state index in [0.29, 0.717) is 24.2 Å². The lowest BCUT2D eigenvalue weighted by atomic mass is 10.1. The number of rotatable bonds is 8. The zero-order chi connectivity index (χ0) is 21.6. The SMILES string of the molecule is C=CCN(Cc1ccc(C#N)cc1)C(=O)c1ccc(S(=O)(=O)N(C)C(C)C)cc1. The van der Waals surface area contributed by atoms with Gasteiger partial charge in [-0.25, -0.2) is 8.42 Å². The van der Waals surface area contributed by atoms with Crippen LogP contribution in [-0.2, 0) is 16.6 Å². The van der Waals surface area contributed by atoms with Gasteiger partial charge in [0.2, 0.25) is 10.0 Å². The normalized spacial score (nSPS) is 11.3. The van der Waals surface area contributed by atoms with E-state index in [1.807, 2.05) is 0 Å². The Labute approximate surface area is 172 Å². The first-order valence-electron chi connectivity index (χ1n) is 9.18. The molecule has 6 nitrogen and oxygen atoms in total. The third-order valence-corrected chi connectivity index (χ3v) is 6.65. The number of carbonyl (C=O) groups is 1. The van der Waals surface area contributed by atoms with Crippen LogP contribution in [0.2, 0.25) is 0 Å². The Morgan fingerprint density at radius 1 is 1.14 bits per heavy atom. The van der Waals surface area contributed by atoms with Crippen molar-refractivity contribution in [3.05, 3.63) is 77.9 Å². The topological polar surface area (TPSA) is 81.5 Å². The molecule has 0 unspecified atom stereocenters. The van der Waals surface area contributed by atoms with E-state index in [2.05, 4.69) is 12.6 Å². The number of nitrogens with zero attached hydrogens (tertiary/aromatic N) is 3. The summed E-state index contributed by atoms with van der Waals surface area (Å²) in [4.78, 5) is 14.7. The van der Waals surface area contributed by atoms with Crippen LogP contribution in [-0.4, -0.2) is 43.2 Å². The first-order valence-corrected chi connectivity index (χ1v) is 10.6. The Kier molecular flexibility index (Phi) is 7.32. The zero-order valence-corrected chi connectivity index (χ0v) is 17.7. The van der Waals surface area contributed by atoms with Crippen molar-refractivity contribution in [2.45, 2.75) is 31.3 Å². The molecular formula is C22H25N3O3S. The Hall–Kier alpha value is -2.95. The molecule has 0 saturated heterocycles. The monoisotopic (exact) mass is 411 g/mol. The molecule has 0 aliphatic carbocycles. The van der Waals surface area contributed by atoms with Crippen LogP contribution >= 0.6 is 0 Å². The second-order valence-electron chi connectivity index (χ2n) is 6.92. The van der Waals surface area contributed by atoms with E-state index in [-0.39, 0.29) is 16.8 Å². The molecule has 0 spiro atoms. The first-order chi connectivity index (χ1) is 13.7. The van der Waals surface area contributed by atoms with Gasteiger partial charge in [0.1, 0.15) is 0 Å². The van der Waals surface area contributed by atoms with Crippen molar-refractivity contribution in [2.75, 3.05) is 13.6 Å². The molecular weight excluding hydrogens is 386 g/mol. The highest BCUT2D eigenvalue weighted by Crippen LogP contribution is 2.18. The Morgan fingerprint density at radius 2 is 1.72 bits per heavy atom. The van der Waals surface area contributed by atoms with Crippen molar-refractivity contribution in [2.24, 2.45) is 0 Å². The summed E-state index contributed by atoms with van der Waals surface area (Å²) in [6.45, 7) is 8.00. The quantitative estimate of drug-likeness (QED) is 0.623. The first kappa shape index (κ1) is 22.3. The molecule has 0 aliphatic heterocycles. The van der Waals surface area contributed by atoms with Gasteiger partial charge in [-0.15, -0.1) is 6.58 Å². The summed E-state index contributed by atoms with van der Waals surface area (Å²) in [7, 11) is -2.07. The average molecular weight is 412 g/mol. The second kappa shape index (κ2) is 9.50. The van der Waals surface area contributed by atoms with Gasteiger partial charge >= 0.3 is 0 Å². The fraction of sp³-hybridized carbons (Fsp3) is 0.273. The third-order valence-electron chi connectivity index (χ3n) is 4.60. The van der Waals surface area contributed by atoms with Crippen LogP contribution in [0, 0.1) is 11.3 Å². The van der Waals surface area contributed by atoms with Crippen molar-refractivity contribution in [1.29, 1.82) is 5.26 Å². The lowest BCUT2D eigenvalue weighted by Crippen LogP contribution is -2.33. The molecule has 2 rings (SSSR count). The molecule has 0 atom stereocenters. The molecule has 7 heteroatoms. The summed E-state index contributed by atoms with van der Waals surface area (Å²) < 4.78 is 26.4. The molecule has 0 heterocycles. The maximum absolute atomic E-state index is 12.9. The van der Waals surface area contributed by atoms with Gasteiger partial charge in [0, 0.05) is 31.7 Å². The maximum atomic E-state index is 12.9. The highest BCUT2D eigenvalue weighted by molar-refractivity contribution is 7.89. The van der Waals surface area contributed by atoms with Crippen LogP contribution < -0.4 is 0 Å². The molecule has 2 aromatic carbocycles. The number of hydrogen-bond donors (Lipinski definition) is 0. The van der Waals surface area contributed by atoms with E-state index in [1.165, 1.54) is 35.6 Å². The van der Waals surface area contributed by atoms with E-state index >= 15 is 0 Å². The van der Waals surface area contributed by atoms with Crippen molar-refractivity contribution in [3.63, 3.8) is 0 Å². The highest BCUT2D eigenvalue weighted by atomic mass is 32.2. The van der Waals surface area contributed by atoms with Gasteiger partial charge < -0.3 is 4.90 Å². The Balaban J connectivity index is 2.23. The summed E-state index contributed by atoms with van der Waals surface area (Å²) in [6, 6.07) is 14.9. The number of nitriles is 1. The Bertz CT molecular complexity index is 1000. The van der Waals surface area contributed by atoms with Crippen LogP contribution in [0.25, 0.3) is 0 Å². The summed E-state index contributed by atoms with van der Waals surface area (Å²) in [5, 5.41) is 8.90. The third kappa shape index (κ3) is 5.31. The predicted molar refractivity (Wildman–Crippen MR) is 113 cm³/mol. The molecule has 152 valence electrons. The van der Waals surface area contributed by atoms with Crippen molar-refractivity contribution < 1.29 is 13.2 Å².